The maximum atomic E-state index is 13.5. The molecule has 6 nitrogen and oxygen atoms in total. The van der Waals surface area contributed by atoms with Crippen LogP contribution in [0.3, 0.4) is 0 Å². The van der Waals surface area contributed by atoms with E-state index in [1.54, 1.807) is 18.2 Å². The molecule has 0 saturated carbocycles. The Kier molecular flexibility index (Phi) is 6.08. The molecule has 0 bridgehead atoms. The molecule has 28 heavy (non-hydrogen) atoms. The Morgan fingerprint density at radius 3 is 2.64 bits per heavy atom. The molecule has 1 unspecified atom stereocenters. The van der Waals surface area contributed by atoms with Gasteiger partial charge in [0.15, 0.2) is 6.19 Å². The first-order chi connectivity index (χ1) is 13.3. The number of hydrogen-bond acceptors (Lipinski definition) is 5. The second-order valence-corrected chi connectivity index (χ2v) is 8.76. The average Bonchev–Trinajstić information content (AvgIpc) is 3.16. The fourth-order valence-corrected chi connectivity index (χ4v) is 5.28. The average molecular weight is 424 g/mol. The van der Waals surface area contributed by atoms with E-state index in [2.05, 4.69) is 6.19 Å². The molecule has 0 amide bonds. The van der Waals surface area contributed by atoms with Gasteiger partial charge in [-0.3, -0.25) is 0 Å². The number of nitrogens with zero attached hydrogens (tertiary/aromatic N) is 3. The number of hydrogen-bond donors (Lipinski definition) is 0. The Bertz CT molecular complexity index is 992. The first kappa shape index (κ1) is 20.4. The van der Waals surface area contributed by atoms with Crippen molar-refractivity contribution in [3.63, 3.8) is 0 Å². The molecule has 0 aromatic heterocycles. The highest BCUT2D eigenvalue weighted by Crippen LogP contribution is 2.33. The highest BCUT2D eigenvalue weighted by molar-refractivity contribution is 7.89. The smallest absolute Gasteiger partial charge is 0.247 e. The van der Waals surface area contributed by atoms with Crippen molar-refractivity contribution in [2.45, 2.75) is 23.9 Å². The van der Waals surface area contributed by atoms with E-state index in [1.807, 2.05) is 0 Å². The number of halogens is 2. The summed E-state index contributed by atoms with van der Waals surface area (Å²) in [6.45, 7) is 0.811. The topological polar surface area (TPSA) is 73.6 Å². The first-order valence-corrected chi connectivity index (χ1v) is 10.4. The summed E-state index contributed by atoms with van der Waals surface area (Å²) in [7, 11) is -2.61. The Morgan fingerprint density at radius 2 is 2.04 bits per heavy atom. The zero-order valence-corrected chi connectivity index (χ0v) is 16.8. The minimum absolute atomic E-state index is 0.0416. The number of nitriles is 1. The van der Waals surface area contributed by atoms with Crippen LogP contribution in [-0.2, 0) is 16.6 Å². The summed E-state index contributed by atoms with van der Waals surface area (Å²) < 4.78 is 46.9. The largest absolute Gasteiger partial charge is 0.495 e. The second-order valence-electron chi connectivity index (χ2n) is 6.46. The summed E-state index contributed by atoms with van der Waals surface area (Å²) in [5.41, 5.74) is 0.640. The molecule has 3 rings (SSSR count). The molecule has 9 heteroatoms. The molecule has 1 atom stereocenters. The minimum atomic E-state index is -4.00. The number of methoxy groups -OCH3 is 1. The third-order valence-electron chi connectivity index (χ3n) is 4.68. The van der Waals surface area contributed by atoms with Crippen LogP contribution in [-0.4, -0.2) is 43.9 Å². The van der Waals surface area contributed by atoms with Gasteiger partial charge in [0.25, 0.3) is 0 Å². The van der Waals surface area contributed by atoms with Gasteiger partial charge in [0.05, 0.1) is 7.11 Å². The van der Waals surface area contributed by atoms with Crippen LogP contribution in [0.4, 0.5) is 4.39 Å². The predicted molar refractivity (Wildman–Crippen MR) is 103 cm³/mol. The quantitative estimate of drug-likeness (QED) is 0.667. The predicted octanol–water partition coefficient (Wildman–Crippen LogP) is 3.23. The Hall–Kier alpha value is -2.34. The zero-order chi connectivity index (χ0) is 20.3. The van der Waals surface area contributed by atoms with Crippen LogP contribution in [0.2, 0.25) is 5.02 Å². The standard InChI is InChI=1S/C19H19ClFN3O3S/c1-27-18-7-4-15(20)10-19(18)28(25,26)24(17-8-9-23(12-17)13-22)11-14-2-5-16(21)6-3-14/h2-7,10,17H,8-9,11-12H2,1H3. The van der Waals surface area contributed by atoms with Gasteiger partial charge < -0.3 is 9.64 Å². The van der Waals surface area contributed by atoms with Crippen LogP contribution in [0, 0.1) is 17.3 Å². The molecular weight excluding hydrogens is 405 g/mol. The summed E-state index contributed by atoms with van der Waals surface area (Å²) >= 11 is 6.04. The number of sulfonamides is 1. The second kappa shape index (κ2) is 8.35. The maximum absolute atomic E-state index is 13.5. The lowest BCUT2D eigenvalue weighted by atomic mass is 10.2. The normalized spacial score (nSPS) is 17.0. The molecule has 0 N–H and O–H groups in total. The number of ether oxygens (including phenoxy) is 1. The lowest BCUT2D eigenvalue weighted by Gasteiger charge is -2.28. The van der Waals surface area contributed by atoms with Crippen LogP contribution in [0.5, 0.6) is 5.75 Å². The number of likely N-dealkylation sites (tertiary alicyclic amines) is 1. The molecule has 1 saturated heterocycles. The van der Waals surface area contributed by atoms with E-state index in [0.29, 0.717) is 25.1 Å². The molecule has 0 spiro atoms. The van der Waals surface area contributed by atoms with E-state index in [-0.39, 0.29) is 22.2 Å². The van der Waals surface area contributed by atoms with Crippen LogP contribution < -0.4 is 4.74 Å². The van der Waals surface area contributed by atoms with Gasteiger partial charge in [-0.1, -0.05) is 23.7 Å². The van der Waals surface area contributed by atoms with Crippen molar-refractivity contribution in [2.75, 3.05) is 20.2 Å². The zero-order valence-electron chi connectivity index (χ0n) is 15.2. The summed E-state index contributed by atoms with van der Waals surface area (Å²) in [5.74, 6) is -0.213. The lowest BCUT2D eigenvalue weighted by Crippen LogP contribution is -2.41. The molecule has 1 fully saturated rings. The van der Waals surface area contributed by atoms with Crippen molar-refractivity contribution >= 4 is 21.6 Å². The fourth-order valence-electron chi connectivity index (χ4n) is 3.23. The van der Waals surface area contributed by atoms with Crippen LogP contribution in [0.15, 0.2) is 47.4 Å². The summed E-state index contributed by atoms with van der Waals surface area (Å²) in [6, 6.07) is 9.67. The maximum Gasteiger partial charge on any atom is 0.247 e. The third kappa shape index (κ3) is 4.22. The van der Waals surface area contributed by atoms with Gasteiger partial charge >= 0.3 is 0 Å². The van der Waals surface area contributed by atoms with E-state index in [1.165, 1.54) is 40.6 Å². The third-order valence-corrected chi connectivity index (χ3v) is 6.83. The van der Waals surface area contributed by atoms with Gasteiger partial charge in [-0.05, 0) is 42.3 Å². The van der Waals surface area contributed by atoms with E-state index in [4.69, 9.17) is 21.6 Å². The van der Waals surface area contributed by atoms with Gasteiger partial charge in [-0.2, -0.15) is 9.57 Å². The number of benzene rings is 2. The molecule has 1 aliphatic heterocycles. The van der Waals surface area contributed by atoms with E-state index < -0.39 is 21.9 Å². The Morgan fingerprint density at radius 1 is 1.32 bits per heavy atom. The van der Waals surface area contributed by atoms with Crippen LogP contribution >= 0.6 is 11.6 Å². The summed E-state index contributed by atoms with van der Waals surface area (Å²) in [5, 5.41) is 9.42. The van der Waals surface area contributed by atoms with Crippen molar-refractivity contribution in [1.82, 2.24) is 9.21 Å². The Balaban J connectivity index is 2.03. The van der Waals surface area contributed by atoms with E-state index >= 15 is 0 Å². The number of rotatable bonds is 6. The minimum Gasteiger partial charge on any atom is -0.495 e. The summed E-state index contributed by atoms with van der Waals surface area (Å²) in [4.78, 5) is 1.48. The van der Waals surface area contributed by atoms with E-state index in [9.17, 15) is 12.8 Å². The van der Waals surface area contributed by atoms with Crippen molar-refractivity contribution < 1.29 is 17.5 Å². The van der Waals surface area contributed by atoms with Gasteiger partial charge in [0, 0.05) is 30.7 Å². The SMILES string of the molecule is COc1ccc(Cl)cc1S(=O)(=O)N(Cc1ccc(F)cc1)C1CCN(C#N)C1. The van der Waals surface area contributed by atoms with Gasteiger partial charge in [-0.25, -0.2) is 12.8 Å². The van der Waals surface area contributed by atoms with Crippen LogP contribution in [0.25, 0.3) is 0 Å². The van der Waals surface area contributed by atoms with Gasteiger partial charge in [0.1, 0.15) is 16.5 Å². The van der Waals surface area contributed by atoms with Gasteiger partial charge in [0.2, 0.25) is 10.0 Å². The molecule has 0 aliphatic carbocycles. The van der Waals surface area contributed by atoms with Crippen molar-refractivity contribution in [2.24, 2.45) is 0 Å². The molecule has 2 aromatic rings. The van der Waals surface area contributed by atoms with E-state index in [0.717, 1.165) is 0 Å². The first-order valence-electron chi connectivity index (χ1n) is 8.59. The Labute approximate surface area is 168 Å². The van der Waals surface area contributed by atoms with Crippen LogP contribution in [0.1, 0.15) is 12.0 Å². The van der Waals surface area contributed by atoms with Gasteiger partial charge in [-0.15, -0.1) is 0 Å². The van der Waals surface area contributed by atoms with Crippen molar-refractivity contribution in [3.05, 3.63) is 58.9 Å². The highest BCUT2D eigenvalue weighted by Gasteiger charge is 2.37. The molecule has 1 heterocycles. The van der Waals surface area contributed by atoms with Crippen molar-refractivity contribution in [3.8, 4) is 11.9 Å². The fraction of sp³-hybridized carbons (Fsp3) is 0.316. The van der Waals surface area contributed by atoms with Crippen molar-refractivity contribution in [1.29, 1.82) is 5.26 Å². The molecule has 1 aliphatic rings. The lowest BCUT2D eigenvalue weighted by molar-refractivity contribution is 0.311. The summed E-state index contributed by atoms with van der Waals surface area (Å²) in [6.07, 6.45) is 2.57. The monoisotopic (exact) mass is 423 g/mol. The highest BCUT2D eigenvalue weighted by atomic mass is 35.5. The molecule has 2 aromatic carbocycles. The molecule has 0 radical (unpaired) electrons. The molecule has 148 valence electrons. The molecular formula is C19H19ClFN3O3S.